The first kappa shape index (κ1) is 14.2. The maximum Gasteiger partial charge on any atom is 0.166 e. The number of halogens is 1. The number of carbonyl (C=O) groups excluding carboxylic acids is 1. The predicted molar refractivity (Wildman–Crippen MR) is 70.6 cm³/mol. The molecule has 0 heterocycles. The molecule has 0 atom stereocenters. The van der Waals surface area contributed by atoms with Gasteiger partial charge in [0.2, 0.25) is 0 Å². The molecule has 0 aromatic heterocycles. The summed E-state index contributed by atoms with van der Waals surface area (Å²) in [4.78, 5) is 11.7. The average Bonchev–Trinajstić information content (AvgIpc) is 2.25. The molecule has 4 heteroatoms. The minimum absolute atomic E-state index is 0.0250. The largest absolute Gasteiger partial charge is 0.490 e. The number of carbonyl (C=O) groups is 1. The summed E-state index contributed by atoms with van der Waals surface area (Å²) in [6.07, 6.45) is 0.426. The maximum atomic E-state index is 11.7. The van der Waals surface area contributed by atoms with E-state index in [1.54, 1.807) is 26.0 Å². The quantitative estimate of drug-likeness (QED) is 0.850. The summed E-state index contributed by atoms with van der Waals surface area (Å²) in [6.45, 7) is 5.28. The monoisotopic (exact) mass is 300 g/mol. The Hall–Kier alpha value is -0.870. The van der Waals surface area contributed by atoms with Gasteiger partial charge in [-0.3, -0.25) is 4.79 Å². The van der Waals surface area contributed by atoms with E-state index in [2.05, 4.69) is 15.9 Å². The van der Waals surface area contributed by atoms with E-state index in [0.29, 0.717) is 17.7 Å². The normalized spacial score (nSPS) is 11.4. The Bertz CT molecular complexity index is 408. The van der Waals surface area contributed by atoms with E-state index in [1.807, 2.05) is 13.0 Å². The molecule has 0 spiro atoms. The summed E-state index contributed by atoms with van der Waals surface area (Å²) in [5.41, 5.74) is -0.370. The average molecular weight is 301 g/mol. The van der Waals surface area contributed by atoms with Crippen molar-refractivity contribution in [1.29, 1.82) is 0 Å². The fourth-order valence-corrected chi connectivity index (χ4v) is 1.65. The Morgan fingerprint density at radius 3 is 2.65 bits per heavy atom. The van der Waals surface area contributed by atoms with E-state index in [9.17, 15) is 9.90 Å². The topological polar surface area (TPSA) is 46.5 Å². The van der Waals surface area contributed by atoms with Gasteiger partial charge in [-0.25, -0.2) is 0 Å². The smallest absolute Gasteiger partial charge is 0.166 e. The molecule has 1 rings (SSSR count). The first-order valence-corrected chi connectivity index (χ1v) is 6.30. The molecule has 1 N–H and O–H groups in total. The van der Waals surface area contributed by atoms with Crippen molar-refractivity contribution in [3.8, 4) is 5.75 Å². The van der Waals surface area contributed by atoms with Crippen LogP contribution in [0.3, 0.4) is 0 Å². The molecular formula is C13H17BrO3. The van der Waals surface area contributed by atoms with Crippen LogP contribution in [0.25, 0.3) is 0 Å². The van der Waals surface area contributed by atoms with Gasteiger partial charge in [-0.15, -0.1) is 0 Å². The molecule has 0 unspecified atom stereocenters. The molecule has 94 valence electrons. The van der Waals surface area contributed by atoms with Gasteiger partial charge in [0.1, 0.15) is 12.4 Å². The summed E-state index contributed by atoms with van der Waals surface area (Å²) in [5.74, 6) is 0.541. The summed E-state index contributed by atoms with van der Waals surface area (Å²) in [7, 11) is 0. The van der Waals surface area contributed by atoms with Crippen molar-refractivity contribution in [2.75, 3.05) is 6.61 Å². The van der Waals surface area contributed by atoms with Gasteiger partial charge in [0.05, 0.1) is 11.2 Å². The number of benzene rings is 1. The van der Waals surface area contributed by atoms with E-state index < -0.39 is 5.60 Å². The molecule has 1 aromatic rings. The number of hydrogen-bond donors (Lipinski definition) is 1. The molecule has 0 aliphatic carbocycles. The molecule has 0 radical (unpaired) electrons. The van der Waals surface area contributed by atoms with E-state index in [0.717, 1.165) is 4.47 Å². The molecule has 0 saturated carbocycles. The second-order valence-corrected chi connectivity index (χ2v) is 5.43. The number of hydrogen-bond acceptors (Lipinski definition) is 3. The van der Waals surface area contributed by atoms with Crippen LogP contribution < -0.4 is 4.74 Å². The Labute approximate surface area is 110 Å². The Morgan fingerprint density at radius 2 is 2.12 bits per heavy atom. The molecule has 1 aromatic carbocycles. The van der Waals surface area contributed by atoms with Crippen LogP contribution in [0.1, 0.15) is 37.6 Å². The van der Waals surface area contributed by atoms with Crippen LogP contribution >= 0.6 is 15.9 Å². The second kappa shape index (κ2) is 5.65. The van der Waals surface area contributed by atoms with Gasteiger partial charge < -0.3 is 9.84 Å². The van der Waals surface area contributed by atoms with Crippen LogP contribution in [0.4, 0.5) is 0 Å². The lowest BCUT2D eigenvalue weighted by molar-refractivity contribution is 0.0280. The van der Waals surface area contributed by atoms with Crippen LogP contribution in [-0.4, -0.2) is 23.1 Å². The number of Topliss-reactive ketones (excluding diaryl/α,β-unsaturated/α-hetero) is 1. The van der Waals surface area contributed by atoms with Crippen LogP contribution in [0.5, 0.6) is 5.75 Å². The molecule has 0 amide bonds. The molecular weight excluding hydrogens is 284 g/mol. The first-order chi connectivity index (χ1) is 7.83. The van der Waals surface area contributed by atoms with Crippen molar-refractivity contribution < 1.29 is 14.6 Å². The highest BCUT2D eigenvalue weighted by atomic mass is 79.9. The third kappa shape index (κ3) is 4.48. The molecule has 0 bridgehead atoms. The number of aliphatic hydroxyl groups is 1. The Balaban J connectivity index is 2.94. The number of ether oxygens (including phenoxy) is 1. The van der Waals surface area contributed by atoms with E-state index in [4.69, 9.17) is 4.74 Å². The summed E-state index contributed by atoms with van der Waals surface area (Å²) in [5, 5.41) is 9.60. The van der Waals surface area contributed by atoms with Gasteiger partial charge >= 0.3 is 0 Å². The summed E-state index contributed by atoms with van der Waals surface area (Å²) < 4.78 is 6.33. The van der Waals surface area contributed by atoms with E-state index >= 15 is 0 Å². The molecule has 17 heavy (non-hydrogen) atoms. The molecule has 0 fully saturated rings. The van der Waals surface area contributed by atoms with Crippen molar-refractivity contribution in [3.05, 3.63) is 28.2 Å². The highest BCUT2D eigenvalue weighted by Gasteiger charge is 2.17. The fourth-order valence-electron chi connectivity index (χ4n) is 1.29. The van der Waals surface area contributed by atoms with Crippen LogP contribution in [0, 0.1) is 0 Å². The summed E-state index contributed by atoms with van der Waals surface area (Å²) >= 11 is 3.33. The van der Waals surface area contributed by atoms with Crippen molar-refractivity contribution >= 4 is 21.7 Å². The van der Waals surface area contributed by atoms with Gasteiger partial charge in [0.25, 0.3) is 0 Å². The fraction of sp³-hybridized carbons (Fsp3) is 0.462. The van der Waals surface area contributed by atoms with Gasteiger partial charge in [0, 0.05) is 10.9 Å². The van der Waals surface area contributed by atoms with Gasteiger partial charge in [-0.2, -0.15) is 0 Å². The molecule has 3 nitrogen and oxygen atoms in total. The van der Waals surface area contributed by atoms with Crippen molar-refractivity contribution in [2.45, 2.75) is 32.8 Å². The standard InChI is InChI=1S/C13H17BrO3/c1-4-11(15)10-7-9(14)5-6-12(10)17-8-13(2,3)16/h5-7,16H,4,8H2,1-3H3. The minimum atomic E-state index is -0.917. The Kier molecular flexibility index (Phi) is 4.71. The highest BCUT2D eigenvalue weighted by Crippen LogP contribution is 2.25. The zero-order valence-electron chi connectivity index (χ0n) is 10.3. The molecule has 0 aliphatic heterocycles. The SMILES string of the molecule is CCC(=O)c1cc(Br)ccc1OCC(C)(C)O. The number of rotatable bonds is 5. The Morgan fingerprint density at radius 1 is 1.47 bits per heavy atom. The van der Waals surface area contributed by atoms with E-state index in [-0.39, 0.29) is 12.4 Å². The molecule has 0 saturated heterocycles. The van der Waals surface area contributed by atoms with Crippen molar-refractivity contribution in [3.63, 3.8) is 0 Å². The zero-order valence-corrected chi connectivity index (χ0v) is 11.9. The van der Waals surface area contributed by atoms with Crippen molar-refractivity contribution in [1.82, 2.24) is 0 Å². The number of ketones is 1. The lowest BCUT2D eigenvalue weighted by Gasteiger charge is -2.19. The lowest BCUT2D eigenvalue weighted by atomic mass is 10.1. The van der Waals surface area contributed by atoms with Crippen LogP contribution in [-0.2, 0) is 0 Å². The third-order valence-corrected chi connectivity index (χ3v) is 2.64. The minimum Gasteiger partial charge on any atom is -0.490 e. The van der Waals surface area contributed by atoms with E-state index in [1.165, 1.54) is 0 Å². The second-order valence-electron chi connectivity index (χ2n) is 4.52. The predicted octanol–water partition coefficient (Wildman–Crippen LogP) is 3.19. The van der Waals surface area contributed by atoms with Crippen LogP contribution in [0.15, 0.2) is 22.7 Å². The van der Waals surface area contributed by atoms with Crippen LogP contribution in [0.2, 0.25) is 0 Å². The van der Waals surface area contributed by atoms with Gasteiger partial charge in [-0.1, -0.05) is 22.9 Å². The molecule has 0 aliphatic rings. The van der Waals surface area contributed by atoms with Gasteiger partial charge in [-0.05, 0) is 32.0 Å². The maximum absolute atomic E-state index is 11.7. The zero-order chi connectivity index (χ0) is 13.1. The summed E-state index contributed by atoms with van der Waals surface area (Å²) in [6, 6.07) is 5.29. The third-order valence-electron chi connectivity index (χ3n) is 2.14. The highest BCUT2D eigenvalue weighted by molar-refractivity contribution is 9.10. The first-order valence-electron chi connectivity index (χ1n) is 5.51. The lowest BCUT2D eigenvalue weighted by Crippen LogP contribution is -2.28. The van der Waals surface area contributed by atoms with Crippen molar-refractivity contribution in [2.24, 2.45) is 0 Å². The van der Waals surface area contributed by atoms with Gasteiger partial charge in [0.15, 0.2) is 5.78 Å².